The first kappa shape index (κ1) is 22.9. The first-order chi connectivity index (χ1) is 16.6. The second-order valence-corrected chi connectivity index (χ2v) is 9.60. The van der Waals surface area contributed by atoms with E-state index < -0.39 is 0 Å². The number of likely N-dealkylation sites (N-methyl/N-ethyl adjacent to an activating group) is 1. The molecule has 0 bridgehead atoms. The molecule has 2 fully saturated rings. The molecular formula is C27H34N4O3. The molecule has 2 aromatic carbocycles. The molecule has 1 unspecified atom stereocenters. The van der Waals surface area contributed by atoms with Gasteiger partial charge in [0.1, 0.15) is 0 Å². The number of hydrogen-bond donors (Lipinski definition) is 1. The number of amides is 2. The van der Waals surface area contributed by atoms with Crippen LogP contribution in [0.15, 0.2) is 42.5 Å². The lowest BCUT2D eigenvalue weighted by Crippen LogP contribution is -2.45. The summed E-state index contributed by atoms with van der Waals surface area (Å²) in [6.07, 6.45) is 2.78. The Bertz CT molecular complexity index is 1020. The van der Waals surface area contributed by atoms with Crippen molar-refractivity contribution in [2.24, 2.45) is 0 Å². The quantitative estimate of drug-likeness (QED) is 0.755. The number of fused-ring (bicyclic) bond motifs is 1. The van der Waals surface area contributed by atoms with Crippen LogP contribution >= 0.6 is 0 Å². The fourth-order valence-electron chi connectivity index (χ4n) is 5.22. The van der Waals surface area contributed by atoms with E-state index in [2.05, 4.69) is 40.4 Å². The number of carbonyl (C=O) groups excluding carboxylic acids is 2. The van der Waals surface area contributed by atoms with Crippen LogP contribution in [0.1, 0.15) is 38.3 Å². The van der Waals surface area contributed by atoms with Crippen molar-refractivity contribution in [1.82, 2.24) is 15.1 Å². The average molecular weight is 463 g/mol. The number of carbonyl (C=O) groups is 2. The molecule has 34 heavy (non-hydrogen) atoms. The normalized spacial score (nSPS) is 21.1. The van der Waals surface area contributed by atoms with E-state index >= 15 is 0 Å². The summed E-state index contributed by atoms with van der Waals surface area (Å²) < 4.78 is 5.33. The molecule has 180 valence electrons. The lowest BCUT2D eigenvalue weighted by molar-refractivity contribution is 0.0303. The van der Waals surface area contributed by atoms with Gasteiger partial charge in [0.05, 0.1) is 13.2 Å². The molecule has 0 spiro atoms. The Balaban J connectivity index is 1.23. The summed E-state index contributed by atoms with van der Waals surface area (Å²) in [5, 5.41) is 3.25. The van der Waals surface area contributed by atoms with Gasteiger partial charge in [-0.05, 0) is 67.8 Å². The van der Waals surface area contributed by atoms with Crippen LogP contribution in [0.4, 0.5) is 5.69 Å². The molecule has 3 aliphatic rings. The lowest BCUT2D eigenvalue weighted by atomic mass is 9.86. The van der Waals surface area contributed by atoms with Gasteiger partial charge in [-0.3, -0.25) is 9.59 Å². The van der Waals surface area contributed by atoms with E-state index in [1.807, 2.05) is 0 Å². The highest BCUT2D eigenvalue weighted by atomic mass is 16.5. The highest BCUT2D eigenvalue weighted by Crippen LogP contribution is 2.31. The fourth-order valence-corrected chi connectivity index (χ4v) is 5.22. The van der Waals surface area contributed by atoms with Crippen LogP contribution in [0.3, 0.4) is 0 Å². The molecule has 2 aromatic rings. The van der Waals surface area contributed by atoms with E-state index in [1.54, 1.807) is 29.2 Å². The summed E-state index contributed by atoms with van der Waals surface area (Å²) in [4.78, 5) is 32.3. The molecule has 1 aliphatic carbocycles. The summed E-state index contributed by atoms with van der Waals surface area (Å²) in [5.74, 6) is -0.0773. The number of aryl methyl sites for hydroxylation is 1. The third kappa shape index (κ3) is 4.95. The number of anilines is 1. The van der Waals surface area contributed by atoms with Crippen LogP contribution in [-0.2, 0) is 17.6 Å². The Kier molecular flexibility index (Phi) is 6.83. The average Bonchev–Trinajstić information content (AvgIpc) is 2.89. The Morgan fingerprint density at radius 1 is 0.912 bits per heavy atom. The smallest absolute Gasteiger partial charge is 0.254 e. The molecule has 2 amide bonds. The summed E-state index contributed by atoms with van der Waals surface area (Å²) >= 11 is 0. The van der Waals surface area contributed by atoms with Gasteiger partial charge in [-0.15, -0.1) is 0 Å². The van der Waals surface area contributed by atoms with Crippen LogP contribution in [0, 0.1) is 0 Å². The van der Waals surface area contributed by atoms with E-state index in [9.17, 15) is 9.59 Å². The molecule has 7 nitrogen and oxygen atoms in total. The minimum Gasteiger partial charge on any atom is -0.378 e. The molecule has 2 heterocycles. The second kappa shape index (κ2) is 10.2. The highest BCUT2D eigenvalue weighted by Gasteiger charge is 2.26. The van der Waals surface area contributed by atoms with Crippen molar-refractivity contribution in [1.29, 1.82) is 0 Å². The van der Waals surface area contributed by atoms with Crippen molar-refractivity contribution in [3.8, 4) is 0 Å². The van der Waals surface area contributed by atoms with Gasteiger partial charge >= 0.3 is 0 Å². The van der Waals surface area contributed by atoms with Gasteiger partial charge in [0.25, 0.3) is 11.8 Å². The van der Waals surface area contributed by atoms with E-state index in [0.29, 0.717) is 37.4 Å². The van der Waals surface area contributed by atoms with Gasteiger partial charge < -0.3 is 24.8 Å². The minimum absolute atomic E-state index is 0.00409. The third-order valence-electron chi connectivity index (χ3n) is 7.33. The van der Waals surface area contributed by atoms with Gasteiger partial charge in [-0.25, -0.2) is 0 Å². The second-order valence-electron chi connectivity index (χ2n) is 9.60. The van der Waals surface area contributed by atoms with Crippen molar-refractivity contribution >= 4 is 17.5 Å². The SMILES string of the molecule is CN1CCN(c2cccc3c2CC(NC(=O)c2ccc(C(=O)N4CCOCC4)cc2)CC3)CC1. The first-order valence-corrected chi connectivity index (χ1v) is 12.4. The summed E-state index contributed by atoms with van der Waals surface area (Å²) in [7, 11) is 2.18. The van der Waals surface area contributed by atoms with E-state index in [-0.39, 0.29) is 17.9 Å². The van der Waals surface area contributed by atoms with Crippen molar-refractivity contribution in [2.75, 3.05) is 64.4 Å². The molecule has 1 N–H and O–H groups in total. The number of ether oxygens (including phenoxy) is 1. The number of nitrogens with one attached hydrogen (secondary N) is 1. The zero-order valence-corrected chi connectivity index (χ0v) is 20.0. The van der Waals surface area contributed by atoms with Crippen molar-refractivity contribution in [3.63, 3.8) is 0 Å². The maximum absolute atomic E-state index is 13.0. The van der Waals surface area contributed by atoms with Crippen molar-refractivity contribution in [2.45, 2.75) is 25.3 Å². The number of morpholine rings is 1. The van der Waals surface area contributed by atoms with Gasteiger partial charge in [-0.1, -0.05) is 12.1 Å². The van der Waals surface area contributed by atoms with Crippen LogP contribution in [-0.4, -0.2) is 87.2 Å². The van der Waals surface area contributed by atoms with Gasteiger partial charge in [0.15, 0.2) is 0 Å². The number of hydrogen-bond acceptors (Lipinski definition) is 5. The molecule has 0 radical (unpaired) electrons. The molecule has 2 aliphatic heterocycles. The van der Waals surface area contributed by atoms with Crippen LogP contribution < -0.4 is 10.2 Å². The summed E-state index contributed by atoms with van der Waals surface area (Å²) in [6, 6.07) is 13.8. The van der Waals surface area contributed by atoms with Crippen LogP contribution in [0.5, 0.6) is 0 Å². The summed E-state index contributed by atoms with van der Waals surface area (Å²) in [6.45, 7) is 6.61. The topological polar surface area (TPSA) is 65.1 Å². The first-order valence-electron chi connectivity index (χ1n) is 12.4. The third-order valence-corrected chi connectivity index (χ3v) is 7.33. The number of rotatable bonds is 4. The predicted molar refractivity (Wildman–Crippen MR) is 133 cm³/mol. The van der Waals surface area contributed by atoms with Crippen LogP contribution in [0.25, 0.3) is 0 Å². The highest BCUT2D eigenvalue weighted by molar-refractivity contribution is 5.98. The Hall–Kier alpha value is -2.90. The monoisotopic (exact) mass is 462 g/mol. The predicted octanol–water partition coefficient (Wildman–Crippen LogP) is 2.20. The van der Waals surface area contributed by atoms with Crippen molar-refractivity contribution < 1.29 is 14.3 Å². The zero-order valence-electron chi connectivity index (χ0n) is 20.0. The number of piperazine rings is 1. The molecular weight excluding hydrogens is 428 g/mol. The molecule has 0 aromatic heterocycles. The van der Waals surface area contributed by atoms with Gasteiger partial charge in [0, 0.05) is 62.1 Å². The zero-order chi connectivity index (χ0) is 23.5. The maximum Gasteiger partial charge on any atom is 0.254 e. The standard InChI is InChI=1S/C27H34N4O3/c1-29-11-13-30(14-12-29)25-4-2-3-20-9-10-23(19-24(20)25)28-26(32)21-5-7-22(8-6-21)27(33)31-15-17-34-18-16-31/h2-8,23H,9-19H2,1H3,(H,28,32). The molecule has 1 atom stereocenters. The molecule has 0 saturated carbocycles. The lowest BCUT2D eigenvalue weighted by Gasteiger charge is -2.37. The Labute approximate surface area is 201 Å². The molecule has 2 saturated heterocycles. The number of benzene rings is 2. The van der Waals surface area contributed by atoms with Gasteiger partial charge in [0.2, 0.25) is 0 Å². The Morgan fingerprint density at radius 2 is 1.62 bits per heavy atom. The van der Waals surface area contributed by atoms with E-state index in [1.165, 1.54) is 16.8 Å². The van der Waals surface area contributed by atoms with E-state index in [0.717, 1.165) is 45.4 Å². The largest absolute Gasteiger partial charge is 0.378 e. The van der Waals surface area contributed by atoms with Gasteiger partial charge in [-0.2, -0.15) is 0 Å². The molecule has 5 rings (SSSR count). The van der Waals surface area contributed by atoms with E-state index in [4.69, 9.17) is 4.74 Å². The van der Waals surface area contributed by atoms with Crippen LogP contribution in [0.2, 0.25) is 0 Å². The Morgan fingerprint density at radius 3 is 2.35 bits per heavy atom. The minimum atomic E-state index is -0.0732. The maximum atomic E-state index is 13.0. The summed E-state index contributed by atoms with van der Waals surface area (Å²) in [5.41, 5.74) is 5.33. The van der Waals surface area contributed by atoms with Crippen molar-refractivity contribution in [3.05, 3.63) is 64.7 Å². The number of nitrogens with zero attached hydrogens (tertiary/aromatic N) is 3. The molecule has 7 heteroatoms. The fraction of sp³-hybridized carbons (Fsp3) is 0.481.